The highest BCUT2D eigenvalue weighted by Gasteiger charge is 2.24. The maximum atomic E-state index is 4.64. The van der Waals surface area contributed by atoms with Gasteiger partial charge in [-0.25, -0.2) is 0 Å². The second-order valence-corrected chi connectivity index (χ2v) is 5.96. The summed E-state index contributed by atoms with van der Waals surface area (Å²) >= 11 is 4.64. The molecule has 0 aliphatic carbocycles. The molecular formula is C9H22B2S. The van der Waals surface area contributed by atoms with Crippen molar-refractivity contribution in [1.29, 1.82) is 0 Å². The second kappa shape index (κ2) is 4.64. The molecule has 0 N–H and O–H groups in total. The quantitative estimate of drug-likeness (QED) is 0.501. The lowest BCUT2D eigenvalue weighted by atomic mass is 9.49. The molecule has 0 saturated heterocycles. The topological polar surface area (TPSA) is 0 Å². The molecule has 0 spiro atoms. The minimum Gasteiger partial charge on any atom is -0.185 e. The van der Waals surface area contributed by atoms with Crippen molar-refractivity contribution in [3.8, 4) is 0 Å². The average molecular weight is 184 g/mol. The van der Waals surface area contributed by atoms with Gasteiger partial charge < -0.3 is 0 Å². The molecule has 12 heavy (non-hydrogen) atoms. The third-order valence-corrected chi connectivity index (χ3v) is 3.72. The van der Waals surface area contributed by atoms with Crippen LogP contribution in [0.25, 0.3) is 0 Å². The molecule has 0 bridgehead atoms. The van der Waals surface area contributed by atoms with E-state index in [9.17, 15) is 0 Å². The number of thiol groups is 1. The van der Waals surface area contributed by atoms with E-state index in [0.717, 1.165) is 11.7 Å². The molecule has 70 valence electrons. The average Bonchev–Trinajstić information content (AvgIpc) is 1.85. The van der Waals surface area contributed by atoms with Gasteiger partial charge in [0.25, 0.3) is 0 Å². The lowest BCUT2D eigenvalue weighted by Crippen LogP contribution is -2.28. The van der Waals surface area contributed by atoms with E-state index in [1.807, 2.05) is 0 Å². The normalized spacial score (nSPS) is 17.6. The Bertz CT molecular complexity index is 129. The molecule has 0 aromatic carbocycles. The van der Waals surface area contributed by atoms with Gasteiger partial charge in [0.2, 0.25) is 0 Å². The summed E-state index contributed by atoms with van der Waals surface area (Å²) < 4.78 is 0. The van der Waals surface area contributed by atoms with Crippen molar-refractivity contribution in [2.45, 2.75) is 50.9 Å². The van der Waals surface area contributed by atoms with Gasteiger partial charge >= 0.3 is 0 Å². The molecule has 2 atom stereocenters. The van der Waals surface area contributed by atoms with E-state index in [2.05, 4.69) is 55.1 Å². The van der Waals surface area contributed by atoms with Gasteiger partial charge in [-0.05, 0) is 5.15 Å². The second-order valence-electron chi connectivity index (χ2n) is 5.34. The Labute approximate surface area is 85.0 Å². The van der Waals surface area contributed by atoms with Crippen LogP contribution in [0.2, 0.25) is 11.1 Å². The molecule has 0 saturated carbocycles. The highest BCUT2D eigenvalue weighted by Crippen LogP contribution is 2.31. The minimum absolute atomic E-state index is 0.340. The molecule has 0 aromatic heterocycles. The summed E-state index contributed by atoms with van der Waals surface area (Å²) in [5, 5.41) is 0.863. The van der Waals surface area contributed by atoms with Gasteiger partial charge in [-0.2, -0.15) is 12.6 Å². The first-order valence-corrected chi connectivity index (χ1v) is 5.45. The zero-order valence-corrected chi connectivity index (χ0v) is 10.3. The Morgan fingerprint density at radius 2 is 1.67 bits per heavy atom. The Morgan fingerprint density at radius 3 is 1.92 bits per heavy atom. The van der Waals surface area contributed by atoms with E-state index in [-0.39, 0.29) is 0 Å². The zero-order chi connectivity index (χ0) is 9.94. The van der Waals surface area contributed by atoms with Crippen LogP contribution in [0.3, 0.4) is 0 Å². The number of rotatable bonds is 4. The fourth-order valence-corrected chi connectivity index (χ4v) is 1.31. The van der Waals surface area contributed by atoms with Crippen molar-refractivity contribution in [1.82, 2.24) is 0 Å². The van der Waals surface area contributed by atoms with Crippen molar-refractivity contribution in [2.75, 3.05) is 0 Å². The van der Waals surface area contributed by atoms with Crippen LogP contribution in [0.1, 0.15) is 34.6 Å². The summed E-state index contributed by atoms with van der Waals surface area (Å²) in [5.74, 6) is 1.56. The third kappa shape index (κ3) is 4.49. The maximum Gasteiger partial charge on any atom is 0.139 e. The zero-order valence-electron chi connectivity index (χ0n) is 9.39. The van der Waals surface area contributed by atoms with Crippen LogP contribution in [0.4, 0.5) is 0 Å². The van der Waals surface area contributed by atoms with E-state index in [1.54, 1.807) is 0 Å². The smallest absolute Gasteiger partial charge is 0.139 e. The van der Waals surface area contributed by atoms with Crippen LogP contribution in [0, 0.1) is 5.92 Å². The van der Waals surface area contributed by atoms with Crippen LogP contribution >= 0.6 is 12.6 Å². The first-order valence-electron chi connectivity index (χ1n) is 4.93. The van der Waals surface area contributed by atoms with Gasteiger partial charge in [-0.15, -0.1) is 0 Å². The van der Waals surface area contributed by atoms with Crippen molar-refractivity contribution in [3.05, 3.63) is 0 Å². The van der Waals surface area contributed by atoms with E-state index >= 15 is 0 Å². The lowest BCUT2D eigenvalue weighted by molar-refractivity contribution is 0.609. The highest BCUT2D eigenvalue weighted by molar-refractivity contribution is 7.82. The van der Waals surface area contributed by atoms with Crippen LogP contribution in [0.15, 0.2) is 0 Å². The summed E-state index contributed by atoms with van der Waals surface area (Å²) in [6.07, 6.45) is 0. The molecule has 0 amide bonds. The van der Waals surface area contributed by atoms with E-state index in [1.165, 1.54) is 7.28 Å². The lowest BCUT2D eigenvalue weighted by Gasteiger charge is -2.29. The van der Waals surface area contributed by atoms with Gasteiger partial charge in [0, 0.05) is 0 Å². The number of hydrogen-bond donors (Lipinski definition) is 1. The van der Waals surface area contributed by atoms with Gasteiger partial charge in [0.1, 0.15) is 15.1 Å². The molecule has 0 nitrogen and oxygen atoms in total. The molecule has 0 aliphatic rings. The molecule has 0 heterocycles. The van der Waals surface area contributed by atoms with Crippen LogP contribution in [0.5, 0.6) is 0 Å². The van der Waals surface area contributed by atoms with Crippen LogP contribution in [-0.2, 0) is 0 Å². The standard InChI is InChI=1S/C9H22B2S/c1-6(2)7(3)11-8(12)9(4,5)10/h6-8,11-12H,10H2,1-5H3. The third-order valence-electron chi connectivity index (χ3n) is 2.73. The van der Waals surface area contributed by atoms with Gasteiger partial charge in [-0.3, -0.25) is 0 Å². The molecule has 0 rings (SSSR count). The molecule has 2 unspecified atom stereocenters. The van der Waals surface area contributed by atoms with E-state index < -0.39 is 0 Å². The minimum atomic E-state index is 0.340. The van der Waals surface area contributed by atoms with Crippen molar-refractivity contribution in [3.63, 3.8) is 0 Å². The monoisotopic (exact) mass is 184 g/mol. The fourth-order valence-electron chi connectivity index (χ4n) is 0.978. The Hall–Kier alpha value is 0.480. The van der Waals surface area contributed by atoms with Gasteiger partial charge in [-0.1, -0.05) is 51.7 Å². The summed E-state index contributed by atoms with van der Waals surface area (Å²) in [6.45, 7) is 11.4. The highest BCUT2D eigenvalue weighted by atomic mass is 32.1. The summed E-state index contributed by atoms with van der Waals surface area (Å²) in [4.78, 5) is 0. The van der Waals surface area contributed by atoms with Crippen molar-refractivity contribution >= 4 is 27.8 Å². The first-order chi connectivity index (χ1) is 5.25. The fraction of sp³-hybridized carbons (Fsp3) is 1.00. The molecular weight excluding hydrogens is 162 g/mol. The predicted octanol–water partition coefficient (Wildman–Crippen LogP) is 1.97. The number of hydrogen-bond acceptors (Lipinski definition) is 1. The largest absolute Gasteiger partial charge is 0.185 e. The molecule has 0 radical (unpaired) electrons. The molecule has 3 heteroatoms. The van der Waals surface area contributed by atoms with Crippen molar-refractivity contribution < 1.29 is 0 Å². The van der Waals surface area contributed by atoms with Gasteiger partial charge in [0.05, 0.1) is 0 Å². The molecule has 0 fully saturated rings. The van der Waals surface area contributed by atoms with Gasteiger partial charge in [0.15, 0.2) is 0 Å². The van der Waals surface area contributed by atoms with E-state index in [4.69, 9.17) is 0 Å². The Kier molecular flexibility index (Phi) is 4.83. The summed E-state index contributed by atoms with van der Waals surface area (Å²) in [6, 6.07) is 0. The Balaban J connectivity index is 3.93. The summed E-state index contributed by atoms with van der Waals surface area (Å²) in [5.41, 5.74) is 0. The Morgan fingerprint density at radius 1 is 1.25 bits per heavy atom. The SMILES string of the molecule is BC(C)(C)C(S)BC(C)C(C)C. The summed E-state index contributed by atoms with van der Waals surface area (Å²) in [7, 11) is 3.49. The predicted molar refractivity (Wildman–Crippen MR) is 66.8 cm³/mol. The maximum absolute atomic E-state index is 4.64. The molecule has 0 aliphatic heterocycles. The van der Waals surface area contributed by atoms with E-state index in [0.29, 0.717) is 10.5 Å². The molecule has 0 aromatic rings. The van der Waals surface area contributed by atoms with Crippen LogP contribution < -0.4 is 0 Å². The van der Waals surface area contributed by atoms with Crippen LogP contribution in [-0.4, -0.2) is 20.3 Å². The first kappa shape index (κ1) is 12.5. The van der Waals surface area contributed by atoms with Crippen molar-refractivity contribution in [2.24, 2.45) is 5.92 Å².